The lowest BCUT2D eigenvalue weighted by Crippen LogP contribution is -2.50. The summed E-state index contributed by atoms with van der Waals surface area (Å²) in [4.78, 5) is 34.9. The molecule has 10 nitrogen and oxygen atoms in total. The molecule has 2 fully saturated rings. The third-order valence-corrected chi connectivity index (χ3v) is 6.70. The van der Waals surface area contributed by atoms with Crippen molar-refractivity contribution in [2.75, 3.05) is 63.9 Å². The molecule has 0 atom stereocenters. The number of benzene rings is 1. The minimum absolute atomic E-state index is 0.0499. The van der Waals surface area contributed by atoms with Gasteiger partial charge >= 0.3 is 0 Å². The maximum absolute atomic E-state index is 14.6. The molecule has 38 heavy (non-hydrogen) atoms. The number of piperazine rings is 1. The molecule has 5 rings (SSSR count). The highest BCUT2D eigenvalue weighted by Gasteiger charge is 2.23. The van der Waals surface area contributed by atoms with Crippen LogP contribution in [0, 0.1) is 17.7 Å². The number of halogens is 1. The zero-order chi connectivity index (χ0) is 26.5. The highest BCUT2D eigenvalue weighted by molar-refractivity contribution is 5.95. The first-order valence-electron chi connectivity index (χ1n) is 12.7. The van der Waals surface area contributed by atoms with E-state index >= 15 is 0 Å². The van der Waals surface area contributed by atoms with Gasteiger partial charge in [-0.3, -0.25) is 14.5 Å². The molecule has 0 bridgehead atoms. The number of ether oxygens (including phenoxy) is 1. The standard InChI is InChI=1S/C27H30FN7O3/c1-2-5-24(36)29-17-25(37)33-10-8-32(9-11-33)18-20-16-23-27(34-12-14-38-15-13-34)30-26(31-35(23)19-20)21-6-3-4-7-22(21)28/h3-4,6-7,16,19H,8-15,17-18H2,1H3,(H,29,36). The fourth-order valence-electron chi connectivity index (χ4n) is 4.73. The van der Waals surface area contributed by atoms with E-state index in [2.05, 4.69) is 38.1 Å². The van der Waals surface area contributed by atoms with Crippen LogP contribution >= 0.6 is 0 Å². The fraction of sp³-hybridized carbons (Fsp3) is 0.407. The van der Waals surface area contributed by atoms with E-state index in [0.717, 1.165) is 16.9 Å². The van der Waals surface area contributed by atoms with Gasteiger partial charge in [0.05, 0.1) is 25.3 Å². The summed E-state index contributed by atoms with van der Waals surface area (Å²) in [5.41, 5.74) is 2.28. The zero-order valence-corrected chi connectivity index (χ0v) is 21.3. The Kier molecular flexibility index (Phi) is 7.81. The number of hydrogen-bond acceptors (Lipinski definition) is 7. The number of morpholine rings is 1. The van der Waals surface area contributed by atoms with Gasteiger partial charge in [0, 0.05) is 52.0 Å². The van der Waals surface area contributed by atoms with Crippen molar-refractivity contribution in [1.82, 2.24) is 29.7 Å². The molecular formula is C27H30FN7O3. The van der Waals surface area contributed by atoms with E-state index in [-0.39, 0.29) is 18.3 Å². The number of nitrogens with one attached hydrogen (secondary N) is 1. The second-order valence-corrected chi connectivity index (χ2v) is 9.23. The van der Waals surface area contributed by atoms with Crippen molar-refractivity contribution in [3.63, 3.8) is 0 Å². The van der Waals surface area contributed by atoms with Crippen molar-refractivity contribution in [3.8, 4) is 23.2 Å². The van der Waals surface area contributed by atoms with E-state index in [9.17, 15) is 14.0 Å². The van der Waals surface area contributed by atoms with Crippen LogP contribution in [0.1, 0.15) is 12.5 Å². The number of fused-ring (bicyclic) bond motifs is 1. The summed E-state index contributed by atoms with van der Waals surface area (Å²) in [6.45, 7) is 7.41. The molecule has 4 heterocycles. The van der Waals surface area contributed by atoms with Crippen molar-refractivity contribution in [3.05, 3.63) is 47.9 Å². The molecule has 3 aromatic rings. The quantitative estimate of drug-likeness (QED) is 0.489. The average molecular weight is 520 g/mol. The van der Waals surface area contributed by atoms with Crippen LogP contribution in [0.4, 0.5) is 10.2 Å². The van der Waals surface area contributed by atoms with Gasteiger partial charge in [0.15, 0.2) is 11.6 Å². The number of carbonyl (C=O) groups is 2. The van der Waals surface area contributed by atoms with E-state index in [1.165, 1.54) is 6.07 Å². The molecule has 2 aliphatic heterocycles. The number of rotatable bonds is 6. The summed E-state index contributed by atoms with van der Waals surface area (Å²) in [7, 11) is 0. The van der Waals surface area contributed by atoms with E-state index in [1.54, 1.807) is 34.5 Å². The second-order valence-electron chi connectivity index (χ2n) is 9.23. The van der Waals surface area contributed by atoms with Gasteiger partial charge in [0.25, 0.3) is 5.91 Å². The van der Waals surface area contributed by atoms with Crippen LogP contribution in [0.5, 0.6) is 0 Å². The van der Waals surface area contributed by atoms with Crippen LogP contribution in [-0.2, 0) is 20.9 Å². The second kappa shape index (κ2) is 11.6. The fourth-order valence-corrected chi connectivity index (χ4v) is 4.73. The highest BCUT2D eigenvalue weighted by atomic mass is 19.1. The Morgan fingerprint density at radius 1 is 1.11 bits per heavy atom. The minimum Gasteiger partial charge on any atom is -0.378 e. The molecule has 11 heteroatoms. The number of aromatic nitrogens is 3. The van der Waals surface area contributed by atoms with Gasteiger partial charge in [0.2, 0.25) is 5.91 Å². The Hall–Kier alpha value is -4.01. The zero-order valence-electron chi connectivity index (χ0n) is 21.3. The van der Waals surface area contributed by atoms with Gasteiger partial charge in [-0.1, -0.05) is 18.1 Å². The summed E-state index contributed by atoms with van der Waals surface area (Å²) in [6, 6.07) is 8.61. The molecule has 2 aliphatic rings. The van der Waals surface area contributed by atoms with Crippen LogP contribution in [0.2, 0.25) is 0 Å². The summed E-state index contributed by atoms with van der Waals surface area (Å²) in [5, 5.41) is 7.18. The van der Waals surface area contributed by atoms with Gasteiger partial charge in [-0.25, -0.2) is 13.9 Å². The topological polar surface area (TPSA) is 95.3 Å². The van der Waals surface area contributed by atoms with Crippen LogP contribution in [0.3, 0.4) is 0 Å². The van der Waals surface area contributed by atoms with Crippen LogP contribution in [0.25, 0.3) is 16.9 Å². The van der Waals surface area contributed by atoms with Crippen LogP contribution in [0.15, 0.2) is 36.5 Å². The van der Waals surface area contributed by atoms with Gasteiger partial charge in [0.1, 0.15) is 11.3 Å². The predicted octanol–water partition coefficient (Wildman–Crippen LogP) is 1.16. The number of carbonyl (C=O) groups excluding carboxylic acids is 2. The molecule has 2 saturated heterocycles. The maximum atomic E-state index is 14.6. The predicted molar refractivity (Wildman–Crippen MR) is 140 cm³/mol. The van der Waals surface area contributed by atoms with Gasteiger partial charge in [-0.2, -0.15) is 0 Å². The number of anilines is 1. The summed E-state index contributed by atoms with van der Waals surface area (Å²) in [6.07, 6.45) is 1.97. The van der Waals surface area contributed by atoms with E-state index in [1.807, 2.05) is 6.20 Å². The van der Waals surface area contributed by atoms with Crippen LogP contribution < -0.4 is 10.2 Å². The normalized spacial score (nSPS) is 16.3. The molecule has 0 spiro atoms. The van der Waals surface area contributed by atoms with Crippen molar-refractivity contribution >= 4 is 23.1 Å². The van der Waals surface area contributed by atoms with E-state index in [4.69, 9.17) is 9.72 Å². The maximum Gasteiger partial charge on any atom is 0.296 e. The van der Waals surface area contributed by atoms with Gasteiger partial charge < -0.3 is 19.9 Å². The number of amides is 2. The van der Waals surface area contributed by atoms with E-state index in [0.29, 0.717) is 70.4 Å². The molecule has 2 aromatic heterocycles. The summed E-state index contributed by atoms with van der Waals surface area (Å²) in [5.74, 6) is 5.06. The van der Waals surface area contributed by atoms with Crippen molar-refractivity contribution in [2.45, 2.75) is 13.5 Å². The smallest absolute Gasteiger partial charge is 0.296 e. The lowest BCUT2D eigenvalue weighted by molar-refractivity contribution is -0.133. The lowest BCUT2D eigenvalue weighted by Gasteiger charge is -2.34. The first-order valence-corrected chi connectivity index (χ1v) is 12.7. The summed E-state index contributed by atoms with van der Waals surface area (Å²) < 4.78 is 21.9. The Morgan fingerprint density at radius 3 is 2.61 bits per heavy atom. The molecule has 198 valence electrons. The first kappa shape index (κ1) is 25.6. The molecule has 0 unspecified atom stereocenters. The molecular weight excluding hydrogens is 489 g/mol. The Bertz CT molecular complexity index is 1380. The first-order chi connectivity index (χ1) is 18.5. The molecule has 2 amide bonds. The number of nitrogens with zero attached hydrogens (tertiary/aromatic N) is 6. The molecule has 0 aliphatic carbocycles. The third-order valence-electron chi connectivity index (χ3n) is 6.70. The third kappa shape index (κ3) is 5.77. The molecule has 0 radical (unpaired) electrons. The molecule has 1 aromatic carbocycles. The largest absolute Gasteiger partial charge is 0.378 e. The highest BCUT2D eigenvalue weighted by Crippen LogP contribution is 2.27. The van der Waals surface area contributed by atoms with Gasteiger partial charge in [-0.05, 0) is 36.6 Å². The average Bonchev–Trinajstić information content (AvgIpc) is 3.35. The van der Waals surface area contributed by atoms with Crippen molar-refractivity contribution < 1.29 is 18.7 Å². The van der Waals surface area contributed by atoms with Crippen molar-refractivity contribution in [1.29, 1.82) is 0 Å². The molecule has 0 saturated carbocycles. The van der Waals surface area contributed by atoms with Gasteiger partial charge in [-0.15, -0.1) is 5.10 Å². The number of hydrogen-bond donors (Lipinski definition) is 1. The van der Waals surface area contributed by atoms with Crippen LogP contribution in [-0.4, -0.2) is 95.2 Å². The van der Waals surface area contributed by atoms with Crippen molar-refractivity contribution in [2.24, 2.45) is 0 Å². The Labute approximate surface area is 220 Å². The summed E-state index contributed by atoms with van der Waals surface area (Å²) >= 11 is 0. The monoisotopic (exact) mass is 519 g/mol. The molecule has 1 N–H and O–H groups in total. The Morgan fingerprint density at radius 2 is 1.87 bits per heavy atom. The van der Waals surface area contributed by atoms with E-state index < -0.39 is 5.91 Å². The Balaban J connectivity index is 1.31. The SMILES string of the molecule is CC#CC(=O)NCC(=O)N1CCN(Cc2cc3c(N4CCOCC4)nc(-c4ccccc4F)nn3c2)CC1. The lowest BCUT2D eigenvalue weighted by atomic mass is 10.2. The minimum atomic E-state index is -0.446.